The van der Waals surface area contributed by atoms with Crippen molar-refractivity contribution >= 4 is 16.6 Å². The van der Waals surface area contributed by atoms with Gasteiger partial charge in [-0.15, -0.1) is 0 Å². The van der Waals surface area contributed by atoms with Crippen molar-refractivity contribution in [3.05, 3.63) is 26.3 Å². The Morgan fingerprint density at radius 2 is 1.09 bits per heavy atom. The van der Waals surface area contributed by atoms with E-state index in [-0.39, 0.29) is 21.1 Å². The molecule has 0 atom stereocenters. The first-order chi connectivity index (χ1) is 4.56. The standard InChI is InChI=1S/C4H14Si2.2C2H3.Pt/c1-5-6(2,3)4;2*1-2;/h5H2,1-4H3;2*1H,2H2;/q;2*-1;+2. The van der Waals surface area contributed by atoms with Crippen LogP contribution in [0.25, 0.3) is 0 Å². The van der Waals surface area contributed by atoms with Gasteiger partial charge in [0.1, 0.15) is 0 Å². The fourth-order valence-electron chi connectivity index (χ4n) is 0. The van der Waals surface area contributed by atoms with Crippen molar-refractivity contribution in [1.82, 2.24) is 0 Å². The van der Waals surface area contributed by atoms with E-state index in [1.807, 2.05) is 0 Å². The first-order valence-corrected chi connectivity index (χ1v) is 10.6. The van der Waals surface area contributed by atoms with Crippen molar-refractivity contribution in [2.24, 2.45) is 0 Å². The first-order valence-electron chi connectivity index (χ1n) is 3.38. The molecule has 0 aliphatic rings. The molecule has 0 N–H and O–H groups in total. The molecule has 0 fully saturated rings. The summed E-state index contributed by atoms with van der Waals surface area (Å²) < 4.78 is 0. The third-order valence-electron chi connectivity index (χ3n) is 1.06. The van der Waals surface area contributed by atoms with Crippen molar-refractivity contribution in [2.45, 2.75) is 26.2 Å². The number of rotatable bonds is 1. The van der Waals surface area contributed by atoms with Crippen LogP contribution in [-0.4, -0.2) is 16.6 Å². The van der Waals surface area contributed by atoms with E-state index in [1.54, 1.807) is 0 Å². The summed E-state index contributed by atoms with van der Waals surface area (Å²) in [5.41, 5.74) is 0. The Morgan fingerprint density at radius 1 is 1.00 bits per heavy atom. The van der Waals surface area contributed by atoms with E-state index < -0.39 is 7.59 Å². The molecule has 0 aliphatic carbocycles. The molecule has 0 saturated heterocycles. The van der Waals surface area contributed by atoms with Crippen LogP contribution in [0.15, 0.2) is 13.2 Å². The summed E-state index contributed by atoms with van der Waals surface area (Å²) in [4.78, 5) is 0. The fraction of sp³-hybridized carbons (Fsp3) is 0.500. The molecular formula is C8H20PtSi2. The summed E-state index contributed by atoms with van der Waals surface area (Å²) in [5, 5.41) is 0. The van der Waals surface area contributed by atoms with E-state index in [0.29, 0.717) is 9.04 Å². The maximum absolute atomic E-state index is 4.25. The van der Waals surface area contributed by atoms with Crippen LogP contribution in [0.4, 0.5) is 0 Å². The van der Waals surface area contributed by atoms with Gasteiger partial charge >= 0.3 is 21.1 Å². The van der Waals surface area contributed by atoms with Gasteiger partial charge in [-0.3, -0.25) is 13.2 Å². The summed E-state index contributed by atoms with van der Waals surface area (Å²) in [6, 6.07) is 0. The van der Waals surface area contributed by atoms with E-state index in [9.17, 15) is 0 Å². The van der Waals surface area contributed by atoms with Crippen LogP contribution in [0.1, 0.15) is 0 Å². The minimum absolute atomic E-state index is 0. The van der Waals surface area contributed by atoms with Gasteiger partial charge in [-0.2, -0.15) is 0 Å². The maximum Gasteiger partial charge on any atom is 2.00 e. The Bertz CT molecular complexity index is 57.6. The molecule has 3 heteroatoms. The molecule has 0 aromatic rings. The zero-order valence-electron chi connectivity index (χ0n) is 8.09. The third-order valence-corrected chi connectivity index (χ3v) is 9.55. The summed E-state index contributed by atoms with van der Waals surface area (Å²) in [6.45, 7) is 23.7. The average Bonchev–Trinajstić information content (AvgIpc) is 1.95. The van der Waals surface area contributed by atoms with Crippen LogP contribution < -0.4 is 0 Å². The van der Waals surface area contributed by atoms with E-state index in [1.165, 1.54) is 0 Å². The second-order valence-corrected chi connectivity index (χ2v) is 17.2. The average molecular weight is 367 g/mol. The van der Waals surface area contributed by atoms with Gasteiger partial charge in [-0.05, 0) is 0 Å². The van der Waals surface area contributed by atoms with Crippen LogP contribution in [0.3, 0.4) is 0 Å². The minimum Gasteiger partial charge on any atom is -0.521 e. The summed E-state index contributed by atoms with van der Waals surface area (Å²) >= 11 is 0. The van der Waals surface area contributed by atoms with Crippen LogP contribution in [0.5, 0.6) is 0 Å². The fourth-order valence-corrected chi connectivity index (χ4v) is 0. The molecule has 0 rings (SSSR count). The summed E-state index contributed by atoms with van der Waals surface area (Å²) in [5.74, 6) is 0. The number of hydrogen-bond donors (Lipinski definition) is 0. The molecule has 0 unspecified atom stereocenters. The second kappa shape index (κ2) is 16.9. The molecule has 0 saturated carbocycles. The minimum atomic E-state index is -0.492. The first kappa shape index (κ1) is 22.6. The topological polar surface area (TPSA) is 0 Å². The Kier molecular flexibility index (Phi) is 34.7. The van der Waals surface area contributed by atoms with Crippen LogP contribution >= 0.6 is 0 Å². The molecule has 0 aromatic carbocycles. The summed E-state index contributed by atoms with van der Waals surface area (Å²) in [7, 11) is -0.101. The smallest absolute Gasteiger partial charge is 0.521 e. The van der Waals surface area contributed by atoms with Gasteiger partial charge in [-0.25, -0.2) is 0 Å². The number of hydrogen-bond acceptors (Lipinski definition) is 0. The monoisotopic (exact) mass is 367 g/mol. The van der Waals surface area contributed by atoms with Crippen LogP contribution in [-0.2, 0) is 21.1 Å². The molecule has 0 aromatic heterocycles. The normalized spacial score (nSPS) is 8.36. The molecule has 0 bridgehead atoms. The predicted molar refractivity (Wildman–Crippen MR) is 57.6 cm³/mol. The molecule has 0 amide bonds. The molecule has 0 heterocycles. The van der Waals surface area contributed by atoms with Gasteiger partial charge in [0, 0.05) is 16.6 Å². The van der Waals surface area contributed by atoms with E-state index in [2.05, 4.69) is 52.5 Å². The molecule has 11 heavy (non-hydrogen) atoms. The third kappa shape index (κ3) is 60.5. The van der Waals surface area contributed by atoms with Gasteiger partial charge in [0.05, 0.1) is 0 Å². The molecule has 0 nitrogen and oxygen atoms in total. The van der Waals surface area contributed by atoms with Crippen molar-refractivity contribution in [2.75, 3.05) is 0 Å². The van der Waals surface area contributed by atoms with Crippen molar-refractivity contribution < 1.29 is 21.1 Å². The molecular weight excluding hydrogens is 347 g/mol. The summed E-state index contributed by atoms with van der Waals surface area (Å²) in [6.07, 6.45) is 0. The van der Waals surface area contributed by atoms with E-state index in [4.69, 9.17) is 0 Å². The van der Waals surface area contributed by atoms with Gasteiger partial charge in [0.15, 0.2) is 0 Å². The Balaban J connectivity index is -0.0000000428. The van der Waals surface area contributed by atoms with E-state index in [0.717, 1.165) is 0 Å². The Labute approximate surface area is 90.1 Å². The van der Waals surface area contributed by atoms with Crippen molar-refractivity contribution in [3.8, 4) is 0 Å². The Hall–Kier alpha value is 0.602. The Morgan fingerprint density at radius 3 is 1.09 bits per heavy atom. The largest absolute Gasteiger partial charge is 2.00 e. The maximum atomic E-state index is 4.25. The van der Waals surface area contributed by atoms with Gasteiger partial charge < -0.3 is 13.2 Å². The second-order valence-electron chi connectivity index (χ2n) is 2.91. The molecule has 0 spiro atoms. The molecule has 70 valence electrons. The zero-order chi connectivity index (χ0) is 9.21. The molecule has 0 radical (unpaired) electrons. The van der Waals surface area contributed by atoms with E-state index >= 15 is 0 Å². The van der Waals surface area contributed by atoms with Gasteiger partial charge in [0.2, 0.25) is 0 Å². The zero-order valence-corrected chi connectivity index (χ0v) is 12.8. The predicted octanol–water partition coefficient (Wildman–Crippen LogP) is 2.25. The quantitative estimate of drug-likeness (QED) is 0.493. The SMILES string of the molecule is C[SiH2][Si](C)(C)C.[CH-]=C.[CH-]=C.[Pt+2]. The van der Waals surface area contributed by atoms with Crippen LogP contribution in [0, 0.1) is 13.2 Å². The van der Waals surface area contributed by atoms with Gasteiger partial charge in [-0.1, -0.05) is 26.2 Å². The van der Waals surface area contributed by atoms with Gasteiger partial charge in [0.25, 0.3) is 0 Å². The molecule has 0 aliphatic heterocycles. The van der Waals surface area contributed by atoms with Crippen LogP contribution in [0.2, 0.25) is 26.2 Å². The van der Waals surface area contributed by atoms with Crippen molar-refractivity contribution in [1.29, 1.82) is 0 Å². The van der Waals surface area contributed by atoms with Crippen molar-refractivity contribution in [3.63, 3.8) is 0 Å².